The minimum atomic E-state index is -0.130. The van der Waals surface area contributed by atoms with Gasteiger partial charge in [-0.3, -0.25) is 14.5 Å². The van der Waals surface area contributed by atoms with Crippen LogP contribution in [0.4, 0.5) is 0 Å². The molecule has 0 fully saturated rings. The lowest BCUT2D eigenvalue weighted by Crippen LogP contribution is -2.31. The fourth-order valence-corrected chi connectivity index (χ4v) is 7.81. The number of imide groups is 1. The summed E-state index contributed by atoms with van der Waals surface area (Å²) >= 11 is 4.95. The molecule has 2 amide bonds. The van der Waals surface area contributed by atoms with E-state index in [4.69, 9.17) is 4.74 Å². The van der Waals surface area contributed by atoms with Crippen LogP contribution in [0.15, 0.2) is 24.3 Å². The van der Waals surface area contributed by atoms with Crippen LogP contribution in [-0.4, -0.2) is 29.9 Å². The molecule has 0 unspecified atom stereocenters. The summed E-state index contributed by atoms with van der Waals surface area (Å²) in [4.78, 5) is 34.4. The summed E-state index contributed by atoms with van der Waals surface area (Å²) in [5, 5.41) is 0. The Labute approximate surface area is 226 Å². The molecule has 0 bridgehead atoms. The molecule has 0 radical (unpaired) electrons. The molecule has 0 saturated carbocycles. The second kappa shape index (κ2) is 11.9. The highest BCUT2D eigenvalue weighted by molar-refractivity contribution is 7.23. The molecule has 0 saturated heterocycles. The Kier molecular flexibility index (Phi) is 8.86. The van der Waals surface area contributed by atoms with E-state index in [0.29, 0.717) is 24.3 Å². The van der Waals surface area contributed by atoms with E-state index >= 15 is 0 Å². The van der Waals surface area contributed by atoms with Crippen LogP contribution in [0.2, 0.25) is 0 Å². The van der Waals surface area contributed by atoms with Crippen molar-refractivity contribution < 1.29 is 14.3 Å². The number of fused-ring (bicyclic) bond motifs is 1. The van der Waals surface area contributed by atoms with Gasteiger partial charge in [-0.1, -0.05) is 39.0 Å². The van der Waals surface area contributed by atoms with Crippen LogP contribution >= 0.6 is 34.0 Å². The lowest BCUT2D eigenvalue weighted by molar-refractivity contribution is 0.0651. The molecule has 4 nitrogen and oxygen atoms in total. The number of rotatable bonds is 12. The molecule has 4 rings (SSSR count). The van der Waals surface area contributed by atoms with E-state index in [0.717, 1.165) is 55.0 Å². The summed E-state index contributed by atoms with van der Waals surface area (Å²) < 4.78 is 6.06. The molecule has 1 aliphatic heterocycles. The molecule has 4 heterocycles. The van der Waals surface area contributed by atoms with Crippen molar-refractivity contribution in [3.63, 3.8) is 0 Å². The number of aryl methyl sites for hydroxylation is 2. The Morgan fingerprint density at radius 3 is 2.22 bits per heavy atom. The largest absolute Gasteiger partial charge is 0.492 e. The summed E-state index contributed by atoms with van der Waals surface area (Å²) in [5.74, 6) is 0.658. The quantitative estimate of drug-likeness (QED) is 0.131. The summed E-state index contributed by atoms with van der Waals surface area (Å²) in [7, 11) is 0. The first-order valence-corrected chi connectivity index (χ1v) is 15.3. The molecule has 0 aromatic carbocycles. The van der Waals surface area contributed by atoms with Gasteiger partial charge in [-0.25, -0.2) is 0 Å². The maximum Gasteiger partial charge on any atom is 0.263 e. The van der Waals surface area contributed by atoms with Gasteiger partial charge in [0.25, 0.3) is 11.8 Å². The Morgan fingerprint density at radius 1 is 0.833 bits per heavy atom. The smallest absolute Gasteiger partial charge is 0.263 e. The van der Waals surface area contributed by atoms with Crippen LogP contribution in [0, 0.1) is 13.8 Å². The Balaban J connectivity index is 1.58. The fourth-order valence-electron chi connectivity index (χ4n) is 4.63. The van der Waals surface area contributed by atoms with Gasteiger partial charge in [-0.15, -0.1) is 34.0 Å². The van der Waals surface area contributed by atoms with Crippen molar-refractivity contribution >= 4 is 57.2 Å². The number of nitrogens with zero attached hydrogens (tertiary/aromatic N) is 1. The van der Waals surface area contributed by atoms with Gasteiger partial charge in [0.1, 0.15) is 5.76 Å². The maximum absolute atomic E-state index is 13.4. The zero-order chi connectivity index (χ0) is 25.8. The monoisotopic (exact) mass is 541 g/mol. The van der Waals surface area contributed by atoms with Crippen molar-refractivity contribution in [1.29, 1.82) is 0 Å². The average molecular weight is 542 g/mol. The Morgan fingerprint density at radius 2 is 1.53 bits per heavy atom. The van der Waals surface area contributed by atoms with E-state index < -0.39 is 0 Å². The minimum absolute atomic E-state index is 0.122. The third-order valence-electron chi connectivity index (χ3n) is 6.53. The van der Waals surface area contributed by atoms with Crippen LogP contribution in [0.1, 0.15) is 99.5 Å². The average Bonchev–Trinajstić information content (AvgIpc) is 3.62. The molecule has 0 aliphatic carbocycles. The van der Waals surface area contributed by atoms with Gasteiger partial charge in [-0.05, 0) is 58.4 Å². The number of carbonyl (C=O) groups is 2. The van der Waals surface area contributed by atoms with Gasteiger partial charge in [0.05, 0.1) is 27.5 Å². The number of allylic oxidation sites excluding steroid dienone is 1. The van der Waals surface area contributed by atoms with Gasteiger partial charge >= 0.3 is 0 Å². The van der Waals surface area contributed by atoms with Crippen LogP contribution in [0.25, 0.3) is 21.1 Å². The van der Waals surface area contributed by atoms with Gasteiger partial charge in [0, 0.05) is 31.6 Å². The SMILES string of the molecule is CCCCCCCCN1C(=O)c2c(C)sc(-c3ccc(/C(C)=C(\OCC)c4ccc(C)s4)s3)c2C1=O. The second-order valence-corrected chi connectivity index (χ2v) is 12.8. The highest BCUT2D eigenvalue weighted by Crippen LogP contribution is 2.45. The lowest BCUT2D eigenvalue weighted by atomic mass is 10.1. The number of carbonyl (C=O) groups excluding carboxylic acids is 2. The van der Waals surface area contributed by atoms with E-state index in [-0.39, 0.29) is 11.8 Å². The molecule has 0 N–H and O–H groups in total. The highest BCUT2D eigenvalue weighted by Gasteiger charge is 2.40. The first-order valence-electron chi connectivity index (χ1n) is 12.9. The molecule has 0 atom stereocenters. The van der Waals surface area contributed by atoms with Gasteiger partial charge in [0.2, 0.25) is 0 Å². The summed E-state index contributed by atoms with van der Waals surface area (Å²) in [6, 6.07) is 8.41. The van der Waals surface area contributed by atoms with Crippen LogP contribution in [-0.2, 0) is 4.74 Å². The van der Waals surface area contributed by atoms with E-state index in [1.807, 2.05) is 13.8 Å². The molecule has 1 aliphatic rings. The van der Waals surface area contributed by atoms with Crippen molar-refractivity contribution in [2.75, 3.05) is 13.2 Å². The van der Waals surface area contributed by atoms with Crippen molar-refractivity contribution in [3.05, 3.63) is 54.9 Å². The fraction of sp³-hybridized carbons (Fsp3) is 0.448. The van der Waals surface area contributed by atoms with Crippen molar-refractivity contribution in [2.24, 2.45) is 0 Å². The predicted octanol–water partition coefficient (Wildman–Crippen LogP) is 9.04. The number of hydrogen-bond donors (Lipinski definition) is 0. The van der Waals surface area contributed by atoms with Gasteiger partial charge < -0.3 is 4.74 Å². The van der Waals surface area contributed by atoms with Crippen molar-refractivity contribution in [2.45, 2.75) is 73.1 Å². The second-order valence-electron chi connectivity index (χ2n) is 9.23. The van der Waals surface area contributed by atoms with E-state index in [2.05, 4.69) is 45.0 Å². The molecular weight excluding hydrogens is 507 g/mol. The molecular formula is C29H35NO3S3. The molecule has 0 spiro atoms. The third kappa shape index (κ3) is 5.38. The lowest BCUT2D eigenvalue weighted by Gasteiger charge is -2.14. The number of amides is 2. The molecule has 7 heteroatoms. The van der Waals surface area contributed by atoms with Gasteiger partial charge in [-0.2, -0.15) is 0 Å². The Hall–Kier alpha value is -2.22. The third-order valence-corrected chi connectivity index (χ3v) is 10.0. The normalized spacial score (nSPS) is 14.0. The summed E-state index contributed by atoms with van der Waals surface area (Å²) in [6.07, 6.45) is 6.78. The summed E-state index contributed by atoms with van der Waals surface area (Å²) in [6.45, 7) is 11.5. The molecule has 192 valence electrons. The van der Waals surface area contributed by atoms with Crippen molar-refractivity contribution in [1.82, 2.24) is 4.90 Å². The number of hydrogen-bond acceptors (Lipinski definition) is 6. The molecule has 3 aromatic heterocycles. The van der Waals surface area contributed by atoms with Crippen LogP contribution in [0.5, 0.6) is 0 Å². The first-order chi connectivity index (χ1) is 17.4. The van der Waals surface area contributed by atoms with Gasteiger partial charge in [0.15, 0.2) is 0 Å². The zero-order valence-electron chi connectivity index (χ0n) is 21.9. The predicted molar refractivity (Wildman–Crippen MR) is 154 cm³/mol. The van der Waals surface area contributed by atoms with Crippen molar-refractivity contribution in [3.8, 4) is 9.75 Å². The topological polar surface area (TPSA) is 46.6 Å². The number of unbranched alkanes of at least 4 members (excludes halogenated alkanes) is 5. The highest BCUT2D eigenvalue weighted by atomic mass is 32.1. The Bertz CT molecular complexity index is 1280. The standard InChI is InChI=1S/C29H35NO3S3/c1-6-8-9-10-11-12-17-30-28(31)24-20(5)35-27(25(24)29(30)32)23-16-15-21(36-23)19(4)26(33-7-2)22-14-13-18(3)34-22/h13-16H,6-12,17H2,1-5H3/b26-19-. The summed E-state index contributed by atoms with van der Waals surface area (Å²) in [5.41, 5.74) is 2.30. The number of ether oxygens (including phenoxy) is 1. The van der Waals surface area contributed by atoms with E-state index in [9.17, 15) is 9.59 Å². The molecule has 36 heavy (non-hydrogen) atoms. The molecule has 3 aromatic rings. The zero-order valence-corrected chi connectivity index (χ0v) is 24.3. The maximum atomic E-state index is 13.4. The van der Waals surface area contributed by atoms with Crippen LogP contribution in [0.3, 0.4) is 0 Å². The van der Waals surface area contributed by atoms with E-state index in [1.54, 1.807) is 34.0 Å². The van der Waals surface area contributed by atoms with E-state index in [1.165, 1.54) is 29.0 Å². The number of thiophene rings is 3. The van der Waals surface area contributed by atoms with Crippen LogP contribution < -0.4 is 0 Å². The first kappa shape index (κ1) is 26.8. The minimum Gasteiger partial charge on any atom is -0.492 e.